The Morgan fingerprint density at radius 1 is 1.39 bits per heavy atom. The van der Waals surface area contributed by atoms with Gasteiger partial charge >= 0.3 is 5.97 Å². The molecule has 1 aliphatic heterocycles. The lowest BCUT2D eigenvalue weighted by atomic mass is 10.1. The zero-order valence-electron chi connectivity index (χ0n) is 9.96. The van der Waals surface area contributed by atoms with E-state index in [4.69, 9.17) is 9.84 Å². The van der Waals surface area contributed by atoms with Crippen molar-refractivity contribution in [3.8, 4) is 5.75 Å². The lowest BCUT2D eigenvalue weighted by Crippen LogP contribution is -2.35. The van der Waals surface area contributed by atoms with E-state index in [1.807, 2.05) is 6.07 Å². The fraction of sp³-hybridized carbons (Fsp3) is 0.385. The minimum absolute atomic E-state index is 0.108. The second-order valence-electron chi connectivity index (χ2n) is 4.18. The summed E-state index contributed by atoms with van der Waals surface area (Å²) in [5, 5.41) is 8.55. The van der Waals surface area contributed by atoms with E-state index in [2.05, 4.69) is 0 Å². The molecule has 1 aromatic rings. The highest BCUT2D eigenvalue weighted by atomic mass is 16.5. The van der Waals surface area contributed by atoms with Gasteiger partial charge in [-0.3, -0.25) is 4.79 Å². The average Bonchev–Trinajstić information content (AvgIpc) is 2.37. The van der Waals surface area contributed by atoms with Crippen molar-refractivity contribution < 1.29 is 19.4 Å². The molecule has 1 fully saturated rings. The molecule has 0 spiro atoms. The van der Waals surface area contributed by atoms with Gasteiger partial charge in [-0.05, 0) is 25.0 Å². The molecule has 0 bridgehead atoms. The predicted molar refractivity (Wildman–Crippen MR) is 65.8 cm³/mol. The van der Waals surface area contributed by atoms with Gasteiger partial charge in [-0.25, -0.2) is 4.79 Å². The van der Waals surface area contributed by atoms with Crippen LogP contribution in [0.1, 0.15) is 19.3 Å². The summed E-state index contributed by atoms with van der Waals surface area (Å²) in [4.78, 5) is 23.9. The Morgan fingerprint density at radius 3 is 2.94 bits per heavy atom. The third-order valence-electron chi connectivity index (χ3n) is 2.82. The van der Waals surface area contributed by atoms with Crippen LogP contribution in [0.3, 0.4) is 0 Å². The van der Waals surface area contributed by atoms with E-state index >= 15 is 0 Å². The number of carbonyl (C=O) groups excluding carboxylic acids is 1. The predicted octanol–water partition coefficient (Wildman–Crippen LogP) is 1.67. The van der Waals surface area contributed by atoms with Crippen molar-refractivity contribution in [2.75, 3.05) is 18.1 Å². The number of piperidine rings is 1. The van der Waals surface area contributed by atoms with Crippen molar-refractivity contribution in [2.45, 2.75) is 19.3 Å². The van der Waals surface area contributed by atoms with E-state index < -0.39 is 5.97 Å². The summed E-state index contributed by atoms with van der Waals surface area (Å²) in [5.74, 6) is -0.445. The molecule has 18 heavy (non-hydrogen) atoms. The largest absolute Gasteiger partial charge is 0.482 e. The number of rotatable bonds is 4. The number of hydrogen-bond donors (Lipinski definition) is 1. The molecule has 0 unspecified atom stereocenters. The van der Waals surface area contributed by atoms with E-state index in [1.165, 1.54) is 0 Å². The van der Waals surface area contributed by atoms with Crippen molar-refractivity contribution in [1.82, 2.24) is 0 Å². The summed E-state index contributed by atoms with van der Waals surface area (Å²) >= 11 is 0. The molecule has 96 valence electrons. The number of amides is 1. The molecule has 0 saturated carbocycles. The molecule has 1 amide bonds. The van der Waals surface area contributed by atoms with Gasteiger partial charge in [0.15, 0.2) is 6.61 Å². The summed E-state index contributed by atoms with van der Waals surface area (Å²) in [5.41, 5.74) is 0.766. The Kier molecular flexibility index (Phi) is 3.82. The van der Waals surface area contributed by atoms with E-state index in [9.17, 15) is 9.59 Å². The second kappa shape index (κ2) is 5.53. The molecule has 0 aliphatic carbocycles. The van der Waals surface area contributed by atoms with Crippen LogP contribution in [-0.4, -0.2) is 30.1 Å². The Balaban J connectivity index is 2.10. The average molecular weight is 249 g/mol. The smallest absolute Gasteiger partial charge is 0.341 e. The minimum atomic E-state index is -1.02. The van der Waals surface area contributed by atoms with Gasteiger partial charge in [0, 0.05) is 24.7 Å². The maximum atomic E-state index is 11.8. The van der Waals surface area contributed by atoms with Crippen LogP contribution in [0.25, 0.3) is 0 Å². The number of benzene rings is 1. The number of nitrogens with zero attached hydrogens (tertiary/aromatic N) is 1. The first kappa shape index (κ1) is 12.4. The quantitative estimate of drug-likeness (QED) is 0.881. The fourth-order valence-electron chi connectivity index (χ4n) is 1.97. The third kappa shape index (κ3) is 3.00. The lowest BCUT2D eigenvalue weighted by Gasteiger charge is -2.27. The van der Waals surface area contributed by atoms with Crippen LogP contribution in [0.2, 0.25) is 0 Å². The first-order valence-electron chi connectivity index (χ1n) is 5.92. The second-order valence-corrected chi connectivity index (χ2v) is 4.18. The maximum absolute atomic E-state index is 11.8. The van der Waals surface area contributed by atoms with Crippen LogP contribution in [0.15, 0.2) is 24.3 Å². The highest BCUT2D eigenvalue weighted by Gasteiger charge is 2.19. The number of anilines is 1. The molecule has 1 saturated heterocycles. The van der Waals surface area contributed by atoms with Crippen molar-refractivity contribution >= 4 is 17.6 Å². The van der Waals surface area contributed by atoms with Crippen molar-refractivity contribution in [2.24, 2.45) is 0 Å². The number of aliphatic carboxylic acids is 1. The molecule has 1 aromatic carbocycles. The summed E-state index contributed by atoms with van der Waals surface area (Å²) in [7, 11) is 0. The molecule has 5 nitrogen and oxygen atoms in total. The SMILES string of the molecule is O=C(O)COc1cccc(N2CCCCC2=O)c1. The summed E-state index contributed by atoms with van der Waals surface area (Å²) < 4.78 is 5.10. The first-order chi connectivity index (χ1) is 8.66. The molecular formula is C13H15NO4. The fourth-order valence-corrected chi connectivity index (χ4v) is 1.97. The number of carboxylic acids is 1. The minimum Gasteiger partial charge on any atom is -0.482 e. The van der Waals surface area contributed by atoms with Gasteiger partial charge in [0.05, 0.1) is 0 Å². The van der Waals surface area contributed by atoms with Gasteiger partial charge in [0.2, 0.25) is 5.91 Å². The third-order valence-corrected chi connectivity index (χ3v) is 2.82. The topological polar surface area (TPSA) is 66.8 Å². The van der Waals surface area contributed by atoms with E-state index in [0.717, 1.165) is 18.5 Å². The Hall–Kier alpha value is -2.04. The number of ether oxygens (including phenoxy) is 1. The van der Waals surface area contributed by atoms with Gasteiger partial charge in [0.25, 0.3) is 0 Å². The molecule has 0 aromatic heterocycles. The van der Waals surface area contributed by atoms with Gasteiger partial charge in [-0.2, -0.15) is 0 Å². The zero-order valence-corrected chi connectivity index (χ0v) is 9.96. The van der Waals surface area contributed by atoms with Crippen LogP contribution in [-0.2, 0) is 9.59 Å². The number of hydrogen-bond acceptors (Lipinski definition) is 3. The van der Waals surface area contributed by atoms with Crippen molar-refractivity contribution in [3.63, 3.8) is 0 Å². The Bertz CT molecular complexity index is 458. The van der Waals surface area contributed by atoms with E-state index in [-0.39, 0.29) is 12.5 Å². The van der Waals surface area contributed by atoms with Crippen LogP contribution < -0.4 is 9.64 Å². The van der Waals surface area contributed by atoms with Crippen LogP contribution in [0.4, 0.5) is 5.69 Å². The highest BCUT2D eigenvalue weighted by molar-refractivity contribution is 5.94. The van der Waals surface area contributed by atoms with Gasteiger partial charge in [-0.1, -0.05) is 6.07 Å². The van der Waals surface area contributed by atoms with Gasteiger partial charge < -0.3 is 14.7 Å². The summed E-state index contributed by atoms with van der Waals surface area (Å²) in [6.07, 6.45) is 2.50. The standard InChI is InChI=1S/C13H15NO4/c15-12-6-1-2-7-14(12)10-4-3-5-11(8-10)18-9-13(16)17/h3-5,8H,1-2,6-7,9H2,(H,16,17). The highest BCUT2D eigenvalue weighted by Crippen LogP contribution is 2.24. The number of carbonyl (C=O) groups is 2. The van der Waals surface area contributed by atoms with Crippen LogP contribution in [0, 0.1) is 0 Å². The molecule has 2 rings (SSSR count). The molecule has 0 radical (unpaired) electrons. The van der Waals surface area contributed by atoms with Crippen LogP contribution in [0.5, 0.6) is 5.75 Å². The molecule has 1 heterocycles. The van der Waals surface area contributed by atoms with E-state index in [1.54, 1.807) is 23.1 Å². The summed E-state index contributed by atoms with van der Waals surface area (Å²) in [6.45, 7) is 0.332. The molecule has 0 atom stereocenters. The Labute approximate surface area is 105 Å². The summed E-state index contributed by atoms with van der Waals surface area (Å²) in [6, 6.07) is 6.97. The van der Waals surface area contributed by atoms with Gasteiger partial charge in [-0.15, -0.1) is 0 Å². The normalized spacial score (nSPS) is 15.6. The Morgan fingerprint density at radius 2 is 2.22 bits per heavy atom. The monoisotopic (exact) mass is 249 g/mol. The zero-order chi connectivity index (χ0) is 13.0. The molecule has 1 aliphatic rings. The van der Waals surface area contributed by atoms with Gasteiger partial charge in [0.1, 0.15) is 5.75 Å². The maximum Gasteiger partial charge on any atom is 0.341 e. The molecular weight excluding hydrogens is 234 g/mol. The lowest BCUT2D eigenvalue weighted by molar-refractivity contribution is -0.139. The molecule has 5 heteroatoms. The van der Waals surface area contributed by atoms with Crippen LogP contribution >= 0.6 is 0 Å². The van der Waals surface area contributed by atoms with Crippen molar-refractivity contribution in [1.29, 1.82) is 0 Å². The van der Waals surface area contributed by atoms with Crippen molar-refractivity contribution in [3.05, 3.63) is 24.3 Å². The number of carboxylic acid groups (broad SMARTS) is 1. The van der Waals surface area contributed by atoms with E-state index in [0.29, 0.717) is 18.7 Å². The molecule has 1 N–H and O–H groups in total. The first-order valence-corrected chi connectivity index (χ1v) is 5.92.